The van der Waals surface area contributed by atoms with E-state index >= 15 is 0 Å². The second kappa shape index (κ2) is 9.21. The van der Waals surface area contributed by atoms with Crippen LogP contribution >= 0.6 is 24.8 Å². The van der Waals surface area contributed by atoms with Crippen LogP contribution in [-0.2, 0) is 4.79 Å². The van der Waals surface area contributed by atoms with Crippen molar-refractivity contribution in [1.82, 2.24) is 10.6 Å². The maximum absolute atomic E-state index is 10.9. The third-order valence-corrected chi connectivity index (χ3v) is 2.60. The number of carbonyl (C=O) groups excluding carboxylic acids is 1. The molecule has 4 nitrogen and oxygen atoms in total. The summed E-state index contributed by atoms with van der Waals surface area (Å²) in [6, 6.07) is 0.857. The van der Waals surface area contributed by atoms with E-state index in [-0.39, 0.29) is 30.7 Å². The van der Waals surface area contributed by atoms with E-state index in [9.17, 15) is 4.79 Å². The number of likely N-dealkylation sites (N-methyl/N-ethyl adjacent to an activating group) is 1. The van der Waals surface area contributed by atoms with Crippen molar-refractivity contribution < 1.29 is 4.79 Å². The molecule has 1 rings (SSSR count). The van der Waals surface area contributed by atoms with Gasteiger partial charge in [0.25, 0.3) is 0 Å². The van der Waals surface area contributed by atoms with Gasteiger partial charge in [0.15, 0.2) is 0 Å². The van der Waals surface area contributed by atoms with Crippen molar-refractivity contribution in [3.8, 4) is 0 Å². The zero-order chi connectivity index (χ0) is 9.68. The zero-order valence-electron chi connectivity index (χ0n) is 8.99. The first-order chi connectivity index (χ1) is 6.22. The average molecular weight is 258 g/mol. The molecule has 0 aromatic carbocycles. The lowest BCUT2D eigenvalue weighted by atomic mass is 9.92. The molecular formula is C9H21Cl2N3O. The molecule has 0 saturated heterocycles. The minimum atomic E-state index is 0. The van der Waals surface area contributed by atoms with Crippen LogP contribution < -0.4 is 16.4 Å². The number of hydrogen-bond acceptors (Lipinski definition) is 3. The fraction of sp³-hybridized carbons (Fsp3) is 0.889. The Balaban J connectivity index is 0. The van der Waals surface area contributed by atoms with Gasteiger partial charge in [-0.2, -0.15) is 0 Å². The Morgan fingerprint density at radius 3 is 2.27 bits per heavy atom. The summed E-state index contributed by atoms with van der Waals surface area (Å²) in [5.74, 6) is 0.0508. The molecule has 0 radical (unpaired) electrons. The van der Waals surface area contributed by atoms with E-state index in [4.69, 9.17) is 5.73 Å². The highest BCUT2D eigenvalue weighted by molar-refractivity contribution is 5.85. The third kappa shape index (κ3) is 6.95. The number of amides is 1. The lowest BCUT2D eigenvalue weighted by Crippen LogP contribution is -2.41. The first-order valence-corrected chi connectivity index (χ1v) is 4.92. The molecule has 0 aromatic heterocycles. The predicted molar refractivity (Wildman–Crippen MR) is 66.8 cm³/mol. The highest BCUT2D eigenvalue weighted by Crippen LogP contribution is 2.16. The Labute approximate surface area is 104 Å². The summed E-state index contributed by atoms with van der Waals surface area (Å²) in [4.78, 5) is 10.9. The number of halogens is 2. The summed E-state index contributed by atoms with van der Waals surface area (Å²) in [6.45, 7) is 0.427. The first-order valence-electron chi connectivity index (χ1n) is 4.92. The Morgan fingerprint density at radius 2 is 1.80 bits per heavy atom. The number of carbonyl (C=O) groups is 1. The van der Waals surface area contributed by atoms with E-state index in [1.54, 1.807) is 7.05 Å². The molecular weight excluding hydrogens is 237 g/mol. The van der Waals surface area contributed by atoms with Crippen molar-refractivity contribution in [2.45, 2.75) is 37.8 Å². The SMILES string of the molecule is CNC(=O)CNC1CCC(N)CC1.Cl.Cl. The first kappa shape index (κ1) is 17.4. The van der Waals surface area contributed by atoms with Gasteiger partial charge in [0.1, 0.15) is 0 Å². The quantitative estimate of drug-likeness (QED) is 0.688. The molecule has 0 heterocycles. The lowest BCUT2D eigenvalue weighted by molar-refractivity contribution is -0.119. The molecule has 4 N–H and O–H groups in total. The predicted octanol–water partition coefficient (Wildman–Crippen LogP) is 0.435. The van der Waals surface area contributed by atoms with Crippen LogP contribution in [0.1, 0.15) is 25.7 Å². The average Bonchev–Trinajstić information content (AvgIpc) is 2.16. The molecule has 6 heteroatoms. The van der Waals surface area contributed by atoms with Crippen molar-refractivity contribution in [3.63, 3.8) is 0 Å². The molecule has 15 heavy (non-hydrogen) atoms. The summed E-state index contributed by atoms with van der Waals surface area (Å²) >= 11 is 0. The molecule has 0 bridgehead atoms. The van der Waals surface area contributed by atoms with E-state index < -0.39 is 0 Å². The van der Waals surface area contributed by atoms with Crippen LogP contribution in [0.4, 0.5) is 0 Å². The number of nitrogens with two attached hydrogens (primary N) is 1. The van der Waals surface area contributed by atoms with Crippen LogP contribution in [0.25, 0.3) is 0 Å². The highest BCUT2D eigenvalue weighted by atomic mass is 35.5. The summed E-state index contributed by atoms with van der Waals surface area (Å²) in [7, 11) is 1.65. The minimum Gasteiger partial charge on any atom is -0.358 e. The molecule has 1 aliphatic carbocycles. The Kier molecular flexibility index (Phi) is 10.7. The van der Waals surface area contributed by atoms with Crippen LogP contribution in [-0.4, -0.2) is 31.6 Å². The molecule has 0 spiro atoms. The topological polar surface area (TPSA) is 67.2 Å². The summed E-state index contributed by atoms with van der Waals surface area (Å²) in [6.07, 6.45) is 4.34. The van der Waals surface area contributed by atoms with Crippen LogP contribution in [0, 0.1) is 0 Å². The second-order valence-corrected chi connectivity index (χ2v) is 3.67. The normalized spacial score (nSPS) is 24.7. The number of rotatable bonds is 3. The zero-order valence-corrected chi connectivity index (χ0v) is 10.6. The Bertz CT molecular complexity index is 173. The van der Waals surface area contributed by atoms with Gasteiger partial charge >= 0.3 is 0 Å². The molecule has 0 aliphatic heterocycles. The van der Waals surface area contributed by atoms with Crippen molar-refractivity contribution >= 4 is 30.7 Å². The second-order valence-electron chi connectivity index (χ2n) is 3.67. The van der Waals surface area contributed by atoms with Gasteiger partial charge in [0.05, 0.1) is 6.54 Å². The van der Waals surface area contributed by atoms with E-state index in [1.165, 1.54) is 0 Å². The minimum absolute atomic E-state index is 0. The number of nitrogens with one attached hydrogen (secondary N) is 2. The molecule has 1 amide bonds. The lowest BCUT2D eigenvalue weighted by Gasteiger charge is -2.26. The summed E-state index contributed by atoms with van der Waals surface area (Å²) in [5, 5.41) is 5.81. The van der Waals surface area contributed by atoms with Crippen molar-refractivity contribution in [2.24, 2.45) is 5.73 Å². The van der Waals surface area contributed by atoms with Gasteiger partial charge in [-0.05, 0) is 25.7 Å². The molecule has 1 aliphatic rings. The van der Waals surface area contributed by atoms with Gasteiger partial charge in [0, 0.05) is 19.1 Å². The Morgan fingerprint density at radius 1 is 1.27 bits per heavy atom. The van der Waals surface area contributed by atoms with Crippen LogP contribution in [0.2, 0.25) is 0 Å². The van der Waals surface area contributed by atoms with Gasteiger partial charge in [-0.15, -0.1) is 24.8 Å². The highest BCUT2D eigenvalue weighted by Gasteiger charge is 2.18. The maximum atomic E-state index is 10.9. The fourth-order valence-corrected chi connectivity index (χ4v) is 1.65. The van der Waals surface area contributed by atoms with Gasteiger partial charge in [-0.1, -0.05) is 0 Å². The largest absolute Gasteiger partial charge is 0.358 e. The van der Waals surface area contributed by atoms with Crippen LogP contribution in [0.5, 0.6) is 0 Å². The molecule has 92 valence electrons. The van der Waals surface area contributed by atoms with Gasteiger partial charge in [0.2, 0.25) is 5.91 Å². The van der Waals surface area contributed by atoms with Gasteiger partial charge in [-0.25, -0.2) is 0 Å². The molecule has 1 saturated carbocycles. The monoisotopic (exact) mass is 257 g/mol. The maximum Gasteiger partial charge on any atom is 0.233 e. The summed E-state index contributed by atoms with van der Waals surface area (Å²) in [5.41, 5.74) is 5.77. The number of hydrogen-bond donors (Lipinski definition) is 3. The molecule has 0 atom stereocenters. The Hall–Kier alpha value is -0.0300. The van der Waals surface area contributed by atoms with Crippen molar-refractivity contribution in [2.75, 3.05) is 13.6 Å². The fourth-order valence-electron chi connectivity index (χ4n) is 1.65. The summed E-state index contributed by atoms with van der Waals surface area (Å²) < 4.78 is 0. The van der Waals surface area contributed by atoms with Gasteiger partial charge in [-0.3, -0.25) is 4.79 Å². The smallest absolute Gasteiger partial charge is 0.233 e. The molecule has 0 unspecified atom stereocenters. The third-order valence-electron chi connectivity index (χ3n) is 2.60. The van der Waals surface area contributed by atoms with E-state index in [0.717, 1.165) is 25.7 Å². The molecule has 1 fully saturated rings. The van der Waals surface area contributed by atoms with Crippen LogP contribution in [0.15, 0.2) is 0 Å². The van der Waals surface area contributed by atoms with E-state index in [2.05, 4.69) is 10.6 Å². The van der Waals surface area contributed by atoms with Crippen molar-refractivity contribution in [3.05, 3.63) is 0 Å². The van der Waals surface area contributed by atoms with Crippen molar-refractivity contribution in [1.29, 1.82) is 0 Å². The van der Waals surface area contributed by atoms with Gasteiger partial charge < -0.3 is 16.4 Å². The van der Waals surface area contributed by atoms with Crippen LogP contribution in [0.3, 0.4) is 0 Å². The standard InChI is InChI=1S/C9H19N3O.2ClH/c1-11-9(13)6-12-8-4-2-7(10)3-5-8;;/h7-8,12H,2-6,10H2,1H3,(H,11,13);2*1H. The van der Waals surface area contributed by atoms with E-state index in [0.29, 0.717) is 18.6 Å². The van der Waals surface area contributed by atoms with E-state index in [1.807, 2.05) is 0 Å². The molecule has 0 aromatic rings.